The molecule has 0 aliphatic heterocycles. The Kier molecular flexibility index (Phi) is 5.57. The van der Waals surface area contributed by atoms with Crippen molar-refractivity contribution in [2.45, 2.75) is 59.5 Å². The highest BCUT2D eigenvalue weighted by Crippen LogP contribution is 2.08. The van der Waals surface area contributed by atoms with Gasteiger partial charge in [-0.25, -0.2) is 0 Å². The predicted molar refractivity (Wildman–Crippen MR) is 51.8 cm³/mol. The van der Waals surface area contributed by atoms with Gasteiger partial charge in [-0.05, 0) is 12.3 Å². The zero-order chi connectivity index (χ0) is 8.85. The monoisotopic (exact) mass is 157 g/mol. The maximum atomic E-state index is 3.58. The van der Waals surface area contributed by atoms with Crippen LogP contribution in [0.4, 0.5) is 0 Å². The number of hydrogen-bond acceptors (Lipinski definition) is 1. The van der Waals surface area contributed by atoms with E-state index in [4.69, 9.17) is 0 Å². The van der Waals surface area contributed by atoms with E-state index in [2.05, 4.69) is 39.9 Å². The third-order valence-electron chi connectivity index (χ3n) is 1.95. The molecule has 0 bridgehead atoms. The maximum Gasteiger partial charge on any atom is 0.00923 e. The van der Waals surface area contributed by atoms with E-state index in [1.165, 1.54) is 12.8 Å². The topological polar surface area (TPSA) is 12.0 Å². The Balaban J connectivity index is 3.69. The molecule has 0 aromatic rings. The summed E-state index contributed by atoms with van der Waals surface area (Å²) in [7, 11) is 0. The Morgan fingerprint density at radius 1 is 1.09 bits per heavy atom. The number of nitrogens with one attached hydrogen (secondary N) is 1. The second kappa shape index (κ2) is 5.59. The summed E-state index contributed by atoms with van der Waals surface area (Å²) in [5.41, 5.74) is 0. The highest BCUT2D eigenvalue weighted by molar-refractivity contribution is 4.71. The van der Waals surface area contributed by atoms with Crippen LogP contribution in [-0.4, -0.2) is 12.1 Å². The van der Waals surface area contributed by atoms with Crippen LogP contribution in [0.1, 0.15) is 47.5 Å². The first-order valence-electron chi connectivity index (χ1n) is 4.84. The molecule has 1 atom stereocenters. The molecule has 0 spiro atoms. The van der Waals surface area contributed by atoms with Crippen molar-refractivity contribution in [3.63, 3.8) is 0 Å². The fraction of sp³-hybridized carbons (Fsp3) is 1.00. The average Bonchev–Trinajstić information content (AvgIpc) is 1.86. The van der Waals surface area contributed by atoms with Gasteiger partial charge in [-0.1, -0.05) is 41.0 Å². The first-order chi connectivity index (χ1) is 5.07. The predicted octanol–water partition coefficient (Wildman–Crippen LogP) is 2.81. The molecule has 0 heterocycles. The third kappa shape index (κ3) is 5.25. The van der Waals surface area contributed by atoms with Crippen LogP contribution in [-0.2, 0) is 0 Å². The van der Waals surface area contributed by atoms with Gasteiger partial charge in [0.2, 0.25) is 0 Å². The normalized spacial score (nSPS) is 14.5. The van der Waals surface area contributed by atoms with Crippen molar-refractivity contribution in [1.29, 1.82) is 0 Å². The summed E-state index contributed by atoms with van der Waals surface area (Å²) in [5.74, 6) is 0.761. The van der Waals surface area contributed by atoms with Crippen LogP contribution >= 0.6 is 0 Å². The van der Waals surface area contributed by atoms with Crippen molar-refractivity contribution in [2.75, 3.05) is 0 Å². The molecule has 1 N–H and O–H groups in total. The van der Waals surface area contributed by atoms with Crippen LogP contribution in [0.5, 0.6) is 0 Å². The van der Waals surface area contributed by atoms with Gasteiger partial charge in [0.15, 0.2) is 0 Å². The summed E-state index contributed by atoms with van der Waals surface area (Å²) in [5, 5.41) is 3.58. The zero-order valence-corrected chi connectivity index (χ0v) is 8.65. The summed E-state index contributed by atoms with van der Waals surface area (Å²) in [6, 6.07) is 1.33. The van der Waals surface area contributed by atoms with Gasteiger partial charge in [-0.2, -0.15) is 0 Å². The lowest BCUT2D eigenvalue weighted by molar-refractivity contribution is 0.349. The fourth-order valence-electron chi connectivity index (χ4n) is 1.35. The van der Waals surface area contributed by atoms with Gasteiger partial charge in [-0.15, -0.1) is 0 Å². The lowest BCUT2D eigenvalue weighted by Crippen LogP contribution is -2.38. The smallest absolute Gasteiger partial charge is 0.00923 e. The van der Waals surface area contributed by atoms with E-state index < -0.39 is 0 Å². The quantitative estimate of drug-likeness (QED) is 0.647. The minimum Gasteiger partial charge on any atom is -0.312 e. The molecule has 0 aromatic carbocycles. The summed E-state index contributed by atoms with van der Waals surface area (Å²) in [4.78, 5) is 0. The molecule has 0 fully saturated rings. The van der Waals surface area contributed by atoms with Crippen LogP contribution < -0.4 is 5.32 Å². The van der Waals surface area contributed by atoms with E-state index in [0.717, 1.165) is 5.92 Å². The van der Waals surface area contributed by atoms with Crippen molar-refractivity contribution in [2.24, 2.45) is 5.92 Å². The molecular formula is C10H23N. The molecule has 1 nitrogen and oxygen atoms in total. The number of hydrogen-bond donors (Lipinski definition) is 1. The van der Waals surface area contributed by atoms with E-state index >= 15 is 0 Å². The van der Waals surface area contributed by atoms with E-state index in [-0.39, 0.29) is 0 Å². The van der Waals surface area contributed by atoms with Crippen LogP contribution in [0.3, 0.4) is 0 Å². The second-order valence-electron chi connectivity index (χ2n) is 3.96. The van der Waals surface area contributed by atoms with Crippen LogP contribution in [0.25, 0.3) is 0 Å². The van der Waals surface area contributed by atoms with Crippen LogP contribution in [0.15, 0.2) is 0 Å². The van der Waals surface area contributed by atoms with E-state index in [9.17, 15) is 0 Å². The minimum absolute atomic E-state index is 0.619. The Bertz CT molecular complexity index is 86.9. The largest absolute Gasteiger partial charge is 0.312 e. The van der Waals surface area contributed by atoms with Gasteiger partial charge in [0.25, 0.3) is 0 Å². The Morgan fingerprint density at radius 2 is 1.64 bits per heavy atom. The van der Waals surface area contributed by atoms with Crippen molar-refractivity contribution in [1.82, 2.24) is 5.32 Å². The van der Waals surface area contributed by atoms with E-state index in [1.54, 1.807) is 0 Å². The van der Waals surface area contributed by atoms with Crippen molar-refractivity contribution < 1.29 is 0 Å². The molecule has 68 valence electrons. The molecule has 0 aliphatic carbocycles. The van der Waals surface area contributed by atoms with Crippen molar-refractivity contribution in [3.8, 4) is 0 Å². The fourth-order valence-corrected chi connectivity index (χ4v) is 1.35. The van der Waals surface area contributed by atoms with Gasteiger partial charge in [0.05, 0.1) is 0 Å². The highest BCUT2D eigenvalue weighted by atomic mass is 14.9. The Hall–Kier alpha value is -0.0400. The average molecular weight is 157 g/mol. The first kappa shape index (κ1) is 11.0. The highest BCUT2D eigenvalue weighted by Gasteiger charge is 2.11. The Labute approximate surface area is 71.6 Å². The van der Waals surface area contributed by atoms with Gasteiger partial charge < -0.3 is 5.32 Å². The maximum absolute atomic E-state index is 3.58. The van der Waals surface area contributed by atoms with Gasteiger partial charge in [0, 0.05) is 12.1 Å². The molecule has 0 amide bonds. The molecule has 0 saturated heterocycles. The van der Waals surface area contributed by atoms with E-state index in [1.807, 2.05) is 0 Å². The Morgan fingerprint density at radius 3 is 1.91 bits per heavy atom. The van der Waals surface area contributed by atoms with E-state index in [0.29, 0.717) is 12.1 Å². The molecule has 11 heavy (non-hydrogen) atoms. The summed E-state index contributed by atoms with van der Waals surface area (Å²) >= 11 is 0. The molecule has 0 unspecified atom stereocenters. The number of rotatable bonds is 5. The van der Waals surface area contributed by atoms with Gasteiger partial charge in [0.1, 0.15) is 0 Å². The second-order valence-corrected chi connectivity index (χ2v) is 3.96. The minimum atomic E-state index is 0.619. The lowest BCUT2D eigenvalue weighted by Gasteiger charge is -2.24. The van der Waals surface area contributed by atoms with Crippen molar-refractivity contribution >= 4 is 0 Å². The first-order valence-corrected chi connectivity index (χ1v) is 4.84. The third-order valence-corrected chi connectivity index (χ3v) is 1.95. The zero-order valence-electron chi connectivity index (χ0n) is 8.65. The standard InChI is InChI=1S/C10H23N/c1-6-7-10(8(2)3)11-9(4)5/h8-11H,6-7H2,1-5H3/t10-/m0/s1. The molecule has 0 aromatic heterocycles. The van der Waals surface area contributed by atoms with Gasteiger partial charge in [-0.3, -0.25) is 0 Å². The molecule has 1 heteroatoms. The SMILES string of the molecule is CCC[C@H](NC(C)C)C(C)C. The van der Waals surface area contributed by atoms with Crippen LogP contribution in [0.2, 0.25) is 0 Å². The van der Waals surface area contributed by atoms with Crippen LogP contribution in [0, 0.1) is 5.92 Å². The summed E-state index contributed by atoms with van der Waals surface area (Å²) in [6.45, 7) is 11.2. The molecule has 0 radical (unpaired) electrons. The molecule has 0 aliphatic rings. The summed E-state index contributed by atoms with van der Waals surface area (Å²) < 4.78 is 0. The molecule has 0 rings (SSSR count). The molecular weight excluding hydrogens is 134 g/mol. The molecule has 0 saturated carbocycles. The summed E-state index contributed by atoms with van der Waals surface area (Å²) in [6.07, 6.45) is 2.58. The van der Waals surface area contributed by atoms with Crippen molar-refractivity contribution in [3.05, 3.63) is 0 Å². The van der Waals surface area contributed by atoms with Gasteiger partial charge >= 0.3 is 0 Å². The lowest BCUT2D eigenvalue weighted by atomic mass is 9.99.